The summed E-state index contributed by atoms with van der Waals surface area (Å²) in [6.45, 7) is 2.62. The molecule has 0 saturated carbocycles. The van der Waals surface area contributed by atoms with Gasteiger partial charge in [0.2, 0.25) is 5.75 Å². The van der Waals surface area contributed by atoms with E-state index in [-0.39, 0.29) is 17.2 Å². The largest absolute Gasteiger partial charge is 0.502 e. The molecule has 0 atom stereocenters. The standard InChI is InChI=1S/C19H30O5/c1-4-5-6-7-8-9-10-11-12-24-19(21)15-13-16(22-2)18(20)17(14-15)23-3/h13-14,20H,4-12H2,1-3H3. The molecular weight excluding hydrogens is 308 g/mol. The number of carbonyl (C=O) groups excluding carboxylic acids is 1. The van der Waals surface area contributed by atoms with E-state index in [0.29, 0.717) is 12.2 Å². The molecule has 5 nitrogen and oxygen atoms in total. The number of unbranched alkanes of at least 4 members (excludes halogenated alkanes) is 7. The fourth-order valence-electron chi connectivity index (χ4n) is 2.50. The van der Waals surface area contributed by atoms with E-state index in [1.165, 1.54) is 64.9 Å². The Kier molecular flexibility index (Phi) is 9.73. The second kappa shape index (κ2) is 11.6. The fourth-order valence-corrected chi connectivity index (χ4v) is 2.50. The van der Waals surface area contributed by atoms with Gasteiger partial charge in [-0.05, 0) is 18.6 Å². The van der Waals surface area contributed by atoms with E-state index >= 15 is 0 Å². The number of hydrogen-bond acceptors (Lipinski definition) is 5. The lowest BCUT2D eigenvalue weighted by Crippen LogP contribution is -2.07. The maximum atomic E-state index is 12.1. The summed E-state index contributed by atoms with van der Waals surface area (Å²) in [5, 5.41) is 9.84. The summed E-state index contributed by atoms with van der Waals surface area (Å²) >= 11 is 0. The van der Waals surface area contributed by atoms with Crippen molar-refractivity contribution in [2.75, 3.05) is 20.8 Å². The highest BCUT2D eigenvalue weighted by Gasteiger charge is 2.16. The summed E-state index contributed by atoms with van der Waals surface area (Å²) in [6, 6.07) is 2.90. The normalized spacial score (nSPS) is 10.5. The summed E-state index contributed by atoms with van der Waals surface area (Å²) in [5.74, 6) is -0.184. The minimum atomic E-state index is -0.436. The maximum absolute atomic E-state index is 12.1. The van der Waals surface area contributed by atoms with E-state index in [1.54, 1.807) is 0 Å². The maximum Gasteiger partial charge on any atom is 0.338 e. The molecule has 0 aliphatic rings. The van der Waals surface area contributed by atoms with Crippen LogP contribution in [0.3, 0.4) is 0 Å². The average molecular weight is 338 g/mol. The van der Waals surface area contributed by atoms with Crippen LogP contribution < -0.4 is 9.47 Å². The van der Waals surface area contributed by atoms with Crippen molar-refractivity contribution in [1.82, 2.24) is 0 Å². The van der Waals surface area contributed by atoms with Gasteiger partial charge in [0.25, 0.3) is 0 Å². The lowest BCUT2D eigenvalue weighted by molar-refractivity contribution is 0.0497. The third-order valence-electron chi connectivity index (χ3n) is 3.95. The van der Waals surface area contributed by atoms with E-state index in [2.05, 4.69) is 6.92 Å². The molecule has 0 aliphatic carbocycles. The van der Waals surface area contributed by atoms with E-state index in [4.69, 9.17) is 14.2 Å². The Labute approximate surface area is 144 Å². The van der Waals surface area contributed by atoms with Gasteiger partial charge >= 0.3 is 5.97 Å². The predicted molar refractivity (Wildman–Crippen MR) is 94.1 cm³/mol. The number of carbonyl (C=O) groups is 1. The number of rotatable bonds is 12. The third-order valence-corrected chi connectivity index (χ3v) is 3.95. The first-order valence-corrected chi connectivity index (χ1v) is 8.76. The minimum absolute atomic E-state index is 0.125. The molecule has 0 bridgehead atoms. The molecule has 24 heavy (non-hydrogen) atoms. The van der Waals surface area contributed by atoms with Crippen LogP contribution in [0.15, 0.2) is 12.1 Å². The van der Waals surface area contributed by atoms with Gasteiger partial charge in [-0.3, -0.25) is 0 Å². The summed E-state index contributed by atoms with van der Waals surface area (Å²) in [6.07, 6.45) is 9.56. The van der Waals surface area contributed by atoms with E-state index < -0.39 is 5.97 Å². The Morgan fingerprint density at radius 1 is 0.917 bits per heavy atom. The molecule has 0 saturated heterocycles. The van der Waals surface area contributed by atoms with Crippen molar-refractivity contribution < 1.29 is 24.1 Å². The zero-order valence-corrected chi connectivity index (χ0v) is 15.1. The van der Waals surface area contributed by atoms with Gasteiger partial charge in [-0.25, -0.2) is 4.79 Å². The van der Waals surface area contributed by atoms with Crippen LogP contribution in [-0.2, 0) is 4.74 Å². The van der Waals surface area contributed by atoms with Gasteiger partial charge in [-0.15, -0.1) is 0 Å². The van der Waals surface area contributed by atoms with Crippen LogP contribution in [0.4, 0.5) is 0 Å². The molecule has 1 rings (SSSR count). The molecule has 0 aliphatic heterocycles. The number of methoxy groups -OCH3 is 2. The lowest BCUT2D eigenvalue weighted by atomic mass is 10.1. The smallest absolute Gasteiger partial charge is 0.338 e. The molecule has 0 fully saturated rings. The molecule has 0 aromatic heterocycles. The summed E-state index contributed by atoms with van der Waals surface area (Å²) in [5.41, 5.74) is 0.307. The van der Waals surface area contributed by atoms with Gasteiger partial charge in [0.05, 0.1) is 26.4 Å². The number of phenols is 1. The number of hydrogen-bond donors (Lipinski definition) is 1. The number of phenolic OH excluding ortho intramolecular Hbond substituents is 1. The molecule has 0 spiro atoms. The van der Waals surface area contributed by atoms with Crippen LogP contribution in [0.5, 0.6) is 17.2 Å². The van der Waals surface area contributed by atoms with Crippen molar-refractivity contribution in [2.45, 2.75) is 58.3 Å². The van der Waals surface area contributed by atoms with Crippen LogP contribution in [0.25, 0.3) is 0 Å². The Morgan fingerprint density at radius 2 is 1.42 bits per heavy atom. The van der Waals surface area contributed by atoms with E-state index in [9.17, 15) is 9.90 Å². The zero-order valence-electron chi connectivity index (χ0n) is 15.1. The molecule has 136 valence electrons. The van der Waals surface area contributed by atoms with Crippen LogP contribution in [0.1, 0.15) is 68.6 Å². The van der Waals surface area contributed by atoms with Crippen LogP contribution in [0, 0.1) is 0 Å². The molecule has 0 radical (unpaired) electrons. The topological polar surface area (TPSA) is 65.0 Å². The highest BCUT2D eigenvalue weighted by Crippen LogP contribution is 2.37. The molecule has 0 amide bonds. The Morgan fingerprint density at radius 3 is 1.92 bits per heavy atom. The average Bonchev–Trinajstić information content (AvgIpc) is 2.60. The molecule has 0 unspecified atom stereocenters. The number of esters is 1. The van der Waals surface area contributed by atoms with E-state index in [1.807, 2.05) is 0 Å². The van der Waals surface area contributed by atoms with Gasteiger partial charge in [-0.1, -0.05) is 51.9 Å². The van der Waals surface area contributed by atoms with Gasteiger partial charge in [0.15, 0.2) is 11.5 Å². The molecule has 0 heterocycles. The van der Waals surface area contributed by atoms with Gasteiger partial charge in [0, 0.05) is 0 Å². The minimum Gasteiger partial charge on any atom is -0.502 e. The Bertz CT molecular complexity index is 474. The van der Waals surface area contributed by atoms with E-state index in [0.717, 1.165) is 12.8 Å². The molecule has 1 aromatic carbocycles. The monoisotopic (exact) mass is 338 g/mol. The second-order valence-corrected chi connectivity index (χ2v) is 5.84. The molecule has 1 aromatic rings. The van der Waals surface area contributed by atoms with Crippen molar-refractivity contribution in [3.05, 3.63) is 17.7 Å². The molecular formula is C19H30O5. The Balaban J connectivity index is 2.33. The first-order chi connectivity index (χ1) is 11.6. The van der Waals surface area contributed by atoms with Crippen molar-refractivity contribution in [3.63, 3.8) is 0 Å². The molecule has 5 heteroatoms. The predicted octanol–water partition coefficient (Wildman–Crippen LogP) is 4.71. The van der Waals surface area contributed by atoms with Gasteiger partial charge < -0.3 is 19.3 Å². The van der Waals surface area contributed by atoms with Crippen LogP contribution >= 0.6 is 0 Å². The highest BCUT2D eigenvalue weighted by molar-refractivity contribution is 5.91. The second-order valence-electron chi connectivity index (χ2n) is 5.84. The number of ether oxygens (including phenoxy) is 3. The first-order valence-electron chi connectivity index (χ1n) is 8.76. The van der Waals surface area contributed by atoms with Crippen molar-refractivity contribution in [2.24, 2.45) is 0 Å². The highest BCUT2D eigenvalue weighted by atomic mass is 16.5. The van der Waals surface area contributed by atoms with Gasteiger partial charge in [0.1, 0.15) is 0 Å². The quantitative estimate of drug-likeness (QED) is 0.442. The molecule has 1 N–H and O–H groups in total. The third kappa shape index (κ3) is 6.69. The fraction of sp³-hybridized carbons (Fsp3) is 0.632. The summed E-state index contributed by atoms with van der Waals surface area (Å²) in [4.78, 5) is 12.1. The lowest BCUT2D eigenvalue weighted by Gasteiger charge is -2.11. The SMILES string of the molecule is CCCCCCCCCCOC(=O)c1cc(OC)c(O)c(OC)c1. The van der Waals surface area contributed by atoms with Crippen molar-refractivity contribution in [3.8, 4) is 17.2 Å². The summed E-state index contributed by atoms with van der Waals surface area (Å²) in [7, 11) is 2.84. The van der Waals surface area contributed by atoms with Crippen molar-refractivity contribution in [1.29, 1.82) is 0 Å². The number of aromatic hydroxyl groups is 1. The van der Waals surface area contributed by atoms with Gasteiger partial charge in [-0.2, -0.15) is 0 Å². The first kappa shape index (κ1) is 20.1. The summed E-state index contributed by atoms with van der Waals surface area (Å²) < 4.78 is 15.4. The Hall–Kier alpha value is -1.91. The van der Waals surface area contributed by atoms with Crippen LogP contribution in [0.2, 0.25) is 0 Å². The van der Waals surface area contributed by atoms with Crippen molar-refractivity contribution >= 4 is 5.97 Å². The van der Waals surface area contributed by atoms with Crippen LogP contribution in [-0.4, -0.2) is 31.9 Å². The zero-order chi connectivity index (χ0) is 17.8. The number of benzene rings is 1.